The maximum absolute atomic E-state index is 12.7. The minimum atomic E-state index is -0.0585. The van der Waals surface area contributed by atoms with E-state index in [1.54, 1.807) is 6.20 Å². The van der Waals surface area contributed by atoms with Crippen molar-refractivity contribution in [1.82, 2.24) is 15.3 Å². The molecule has 6 heteroatoms. The zero-order valence-electron chi connectivity index (χ0n) is 14.8. The van der Waals surface area contributed by atoms with E-state index in [4.69, 9.17) is 4.42 Å². The van der Waals surface area contributed by atoms with Gasteiger partial charge in [-0.2, -0.15) is 4.98 Å². The van der Waals surface area contributed by atoms with E-state index in [2.05, 4.69) is 20.2 Å². The van der Waals surface area contributed by atoms with Gasteiger partial charge in [0.2, 0.25) is 0 Å². The van der Waals surface area contributed by atoms with Gasteiger partial charge in [0, 0.05) is 30.2 Å². The van der Waals surface area contributed by atoms with Crippen LogP contribution in [-0.2, 0) is 0 Å². The molecule has 5 rings (SSSR count). The fourth-order valence-corrected chi connectivity index (χ4v) is 3.85. The predicted octanol–water partition coefficient (Wildman–Crippen LogP) is 3.71. The second-order valence-corrected chi connectivity index (χ2v) is 6.91. The van der Waals surface area contributed by atoms with E-state index in [1.165, 1.54) is 0 Å². The Morgan fingerprint density at radius 3 is 3.00 bits per heavy atom. The molecule has 1 saturated heterocycles. The molecule has 1 unspecified atom stereocenters. The molecular formula is C21H20N4O2. The average molecular weight is 360 g/mol. The molecule has 0 aliphatic carbocycles. The largest absolute Gasteiger partial charge is 0.423 e. The van der Waals surface area contributed by atoms with E-state index in [-0.39, 0.29) is 11.9 Å². The number of anilines is 1. The van der Waals surface area contributed by atoms with Crippen molar-refractivity contribution in [2.24, 2.45) is 0 Å². The molecule has 2 N–H and O–H groups in total. The van der Waals surface area contributed by atoms with Gasteiger partial charge in [0.25, 0.3) is 11.9 Å². The Labute approximate surface area is 156 Å². The van der Waals surface area contributed by atoms with Crippen LogP contribution in [0.15, 0.2) is 59.1 Å². The molecule has 3 heterocycles. The zero-order valence-corrected chi connectivity index (χ0v) is 14.8. The van der Waals surface area contributed by atoms with Crippen LogP contribution in [0.2, 0.25) is 0 Å². The quantitative estimate of drug-likeness (QED) is 0.582. The van der Waals surface area contributed by atoms with E-state index in [1.807, 2.05) is 48.5 Å². The van der Waals surface area contributed by atoms with E-state index in [0.717, 1.165) is 41.4 Å². The van der Waals surface area contributed by atoms with Gasteiger partial charge in [-0.15, -0.1) is 0 Å². The summed E-state index contributed by atoms with van der Waals surface area (Å²) in [5, 5.41) is 4.02. The molecule has 4 aromatic rings. The van der Waals surface area contributed by atoms with E-state index in [9.17, 15) is 4.79 Å². The Morgan fingerprint density at radius 2 is 2.07 bits per heavy atom. The summed E-state index contributed by atoms with van der Waals surface area (Å²) in [5.74, 6) is -0.0585. The lowest BCUT2D eigenvalue weighted by Gasteiger charge is -2.23. The number of carbonyl (C=O) groups is 1. The molecule has 2 aromatic carbocycles. The molecule has 1 aliphatic rings. The fourth-order valence-electron chi connectivity index (χ4n) is 3.85. The molecule has 0 spiro atoms. The van der Waals surface area contributed by atoms with Gasteiger partial charge in [0.1, 0.15) is 5.52 Å². The number of H-pyrrole nitrogens is 1. The number of nitrogens with zero attached hydrogens (tertiary/aromatic N) is 2. The van der Waals surface area contributed by atoms with Gasteiger partial charge in [-0.25, -0.2) is 0 Å². The molecule has 0 radical (unpaired) electrons. The first-order chi connectivity index (χ1) is 13.3. The standard InChI is InChI=1S/C21H20N4O2/c26-20(16-13-22-17-8-2-1-7-15(16)17)23-12-14-6-5-11-25(14)21-24-18-9-3-4-10-19(18)27-21/h1-4,7-10,13-14,22H,5-6,11-12H2,(H,23,26). The highest BCUT2D eigenvalue weighted by molar-refractivity contribution is 6.06. The smallest absolute Gasteiger partial charge is 0.298 e. The summed E-state index contributed by atoms with van der Waals surface area (Å²) in [7, 11) is 0. The van der Waals surface area contributed by atoms with Crippen LogP contribution in [0.3, 0.4) is 0 Å². The first-order valence-electron chi connectivity index (χ1n) is 9.26. The summed E-state index contributed by atoms with van der Waals surface area (Å²) in [6, 6.07) is 16.4. The summed E-state index contributed by atoms with van der Waals surface area (Å²) in [6.07, 6.45) is 3.84. The lowest BCUT2D eigenvalue weighted by molar-refractivity contribution is 0.0953. The number of hydrogen-bond donors (Lipinski definition) is 2. The fraction of sp³-hybridized carbons (Fsp3) is 0.238. The maximum atomic E-state index is 12.7. The van der Waals surface area contributed by atoms with Gasteiger partial charge in [-0.3, -0.25) is 4.79 Å². The number of carbonyl (C=O) groups excluding carboxylic acids is 1. The van der Waals surface area contributed by atoms with Crippen LogP contribution in [0.25, 0.3) is 22.0 Å². The average Bonchev–Trinajstić information content (AvgIpc) is 3.42. The SMILES string of the molecule is O=C(NCC1CCCN1c1nc2ccccc2o1)c1c[nH]c2ccccc12. The third-order valence-corrected chi connectivity index (χ3v) is 5.24. The van der Waals surface area contributed by atoms with Crippen LogP contribution >= 0.6 is 0 Å². The molecule has 1 aliphatic heterocycles. The highest BCUT2D eigenvalue weighted by atomic mass is 16.4. The Hall–Kier alpha value is -3.28. The Kier molecular flexibility index (Phi) is 3.81. The minimum absolute atomic E-state index is 0.0585. The van der Waals surface area contributed by atoms with Crippen LogP contribution in [0.4, 0.5) is 6.01 Å². The van der Waals surface area contributed by atoms with E-state index >= 15 is 0 Å². The first kappa shape index (κ1) is 15.9. The lowest BCUT2D eigenvalue weighted by Crippen LogP contribution is -2.40. The van der Waals surface area contributed by atoms with Crippen LogP contribution in [0, 0.1) is 0 Å². The van der Waals surface area contributed by atoms with Gasteiger partial charge < -0.3 is 19.6 Å². The minimum Gasteiger partial charge on any atom is -0.423 e. The Morgan fingerprint density at radius 1 is 1.22 bits per heavy atom. The predicted molar refractivity (Wildman–Crippen MR) is 105 cm³/mol. The monoisotopic (exact) mass is 360 g/mol. The number of amides is 1. The highest BCUT2D eigenvalue weighted by Gasteiger charge is 2.29. The number of aromatic nitrogens is 2. The number of fused-ring (bicyclic) bond motifs is 2. The summed E-state index contributed by atoms with van der Waals surface area (Å²) in [5.41, 5.74) is 3.30. The second kappa shape index (κ2) is 6.46. The number of benzene rings is 2. The van der Waals surface area contributed by atoms with Gasteiger partial charge in [-0.05, 0) is 31.0 Å². The van der Waals surface area contributed by atoms with Crippen molar-refractivity contribution in [2.45, 2.75) is 18.9 Å². The molecule has 0 bridgehead atoms. The van der Waals surface area contributed by atoms with Gasteiger partial charge in [-0.1, -0.05) is 30.3 Å². The van der Waals surface area contributed by atoms with Crippen molar-refractivity contribution >= 4 is 33.9 Å². The number of para-hydroxylation sites is 3. The Balaban J connectivity index is 1.32. The molecule has 0 saturated carbocycles. The molecule has 1 fully saturated rings. The molecule has 6 nitrogen and oxygen atoms in total. The highest BCUT2D eigenvalue weighted by Crippen LogP contribution is 2.28. The third kappa shape index (κ3) is 2.83. The lowest BCUT2D eigenvalue weighted by atomic mass is 10.1. The van der Waals surface area contributed by atoms with Crippen LogP contribution in [0.1, 0.15) is 23.2 Å². The number of rotatable bonds is 4. The summed E-state index contributed by atoms with van der Waals surface area (Å²) < 4.78 is 5.92. The molecule has 27 heavy (non-hydrogen) atoms. The van der Waals surface area contributed by atoms with Crippen molar-refractivity contribution in [3.05, 3.63) is 60.3 Å². The third-order valence-electron chi connectivity index (χ3n) is 5.24. The van der Waals surface area contributed by atoms with E-state index in [0.29, 0.717) is 18.1 Å². The molecule has 2 aromatic heterocycles. The normalized spacial score (nSPS) is 17.0. The zero-order chi connectivity index (χ0) is 18.2. The van der Waals surface area contributed by atoms with Crippen molar-refractivity contribution in [1.29, 1.82) is 0 Å². The van der Waals surface area contributed by atoms with Crippen molar-refractivity contribution < 1.29 is 9.21 Å². The summed E-state index contributed by atoms with van der Waals surface area (Å²) in [4.78, 5) is 22.6. The Bertz CT molecular complexity index is 1080. The summed E-state index contributed by atoms with van der Waals surface area (Å²) in [6.45, 7) is 1.46. The number of oxazole rings is 1. The van der Waals surface area contributed by atoms with Crippen LogP contribution in [-0.4, -0.2) is 35.0 Å². The first-order valence-corrected chi connectivity index (χ1v) is 9.26. The van der Waals surface area contributed by atoms with Gasteiger partial charge in [0.05, 0.1) is 11.6 Å². The number of hydrogen-bond acceptors (Lipinski definition) is 4. The van der Waals surface area contributed by atoms with Crippen molar-refractivity contribution in [3.63, 3.8) is 0 Å². The van der Waals surface area contributed by atoms with Crippen molar-refractivity contribution in [3.8, 4) is 0 Å². The van der Waals surface area contributed by atoms with Gasteiger partial charge in [0.15, 0.2) is 5.58 Å². The number of aromatic amines is 1. The second-order valence-electron chi connectivity index (χ2n) is 6.91. The molecule has 136 valence electrons. The molecular weight excluding hydrogens is 340 g/mol. The van der Waals surface area contributed by atoms with Crippen molar-refractivity contribution in [2.75, 3.05) is 18.0 Å². The molecule has 1 amide bonds. The van der Waals surface area contributed by atoms with E-state index < -0.39 is 0 Å². The number of nitrogens with one attached hydrogen (secondary N) is 2. The molecule has 1 atom stereocenters. The maximum Gasteiger partial charge on any atom is 0.298 e. The van der Waals surface area contributed by atoms with Crippen LogP contribution < -0.4 is 10.2 Å². The van der Waals surface area contributed by atoms with Gasteiger partial charge >= 0.3 is 0 Å². The summed E-state index contributed by atoms with van der Waals surface area (Å²) >= 11 is 0. The topological polar surface area (TPSA) is 74.2 Å². The van der Waals surface area contributed by atoms with Crippen LogP contribution in [0.5, 0.6) is 0 Å².